The van der Waals surface area contributed by atoms with E-state index in [4.69, 9.17) is 0 Å². The number of nitrogens with zero attached hydrogens (tertiary/aromatic N) is 3. The number of rotatable bonds is 5. The highest BCUT2D eigenvalue weighted by molar-refractivity contribution is 7.92. The van der Waals surface area contributed by atoms with Crippen LogP contribution in [0.3, 0.4) is 0 Å². The topological polar surface area (TPSA) is 64.1 Å². The van der Waals surface area contributed by atoms with E-state index >= 15 is 0 Å². The highest BCUT2D eigenvalue weighted by Crippen LogP contribution is 2.36. The largest absolute Gasteiger partial charge is 0.387 e. The van der Waals surface area contributed by atoms with Crippen molar-refractivity contribution in [3.63, 3.8) is 0 Å². The molecule has 0 spiro atoms. The molecule has 2 heterocycles. The van der Waals surface area contributed by atoms with Crippen molar-refractivity contribution in [3.05, 3.63) is 59.4 Å². The van der Waals surface area contributed by atoms with Gasteiger partial charge in [0.1, 0.15) is 5.82 Å². The molecular formula is C22H28FN3O3S. The van der Waals surface area contributed by atoms with E-state index in [1.54, 1.807) is 18.2 Å². The van der Waals surface area contributed by atoms with Gasteiger partial charge in [-0.05, 0) is 42.7 Å². The second kappa shape index (κ2) is 8.17. The van der Waals surface area contributed by atoms with Crippen LogP contribution in [0.1, 0.15) is 24.2 Å². The average Bonchev–Trinajstić information content (AvgIpc) is 3.04. The Morgan fingerprint density at radius 2 is 1.80 bits per heavy atom. The molecule has 0 radical (unpaired) electrons. The predicted molar refractivity (Wildman–Crippen MR) is 117 cm³/mol. The van der Waals surface area contributed by atoms with Gasteiger partial charge < -0.3 is 10.0 Å². The van der Waals surface area contributed by atoms with Gasteiger partial charge in [0, 0.05) is 38.8 Å². The van der Waals surface area contributed by atoms with E-state index in [0.29, 0.717) is 37.4 Å². The van der Waals surface area contributed by atoms with Crippen LogP contribution in [0, 0.1) is 5.82 Å². The van der Waals surface area contributed by atoms with Crippen LogP contribution in [0.4, 0.5) is 15.8 Å². The van der Waals surface area contributed by atoms with Crippen LogP contribution < -0.4 is 9.21 Å². The van der Waals surface area contributed by atoms with Gasteiger partial charge in [-0.15, -0.1) is 0 Å². The monoisotopic (exact) mass is 433 g/mol. The van der Waals surface area contributed by atoms with Gasteiger partial charge in [-0.25, -0.2) is 12.8 Å². The fourth-order valence-corrected chi connectivity index (χ4v) is 5.83. The zero-order valence-electron chi connectivity index (χ0n) is 17.3. The Bertz CT molecular complexity index is 1020. The second-order valence-corrected chi connectivity index (χ2v) is 10.1. The lowest BCUT2D eigenvalue weighted by molar-refractivity contribution is 0.109. The number of halogens is 1. The van der Waals surface area contributed by atoms with Gasteiger partial charge >= 0.3 is 0 Å². The first-order chi connectivity index (χ1) is 14.2. The molecule has 2 aromatic carbocycles. The number of fused-ring (bicyclic) bond motifs is 1. The Morgan fingerprint density at radius 3 is 2.47 bits per heavy atom. The maximum Gasteiger partial charge on any atom is 0.232 e. The summed E-state index contributed by atoms with van der Waals surface area (Å²) < 4.78 is 39.6. The lowest BCUT2D eigenvalue weighted by atomic mass is 10.0. The summed E-state index contributed by atoms with van der Waals surface area (Å²) in [5.41, 5.74) is 3.09. The van der Waals surface area contributed by atoms with Gasteiger partial charge in [-0.3, -0.25) is 9.21 Å². The number of aliphatic hydroxyl groups is 1. The van der Waals surface area contributed by atoms with E-state index in [9.17, 15) is 17.9 Å². The van der Waals surface area contributed by atoms with E-state index in [1.807, 2.05) is 30.0 Å². The molecule has 0 aliphatic carbocycles. The molecular weight excluding hydrogens is 405 g/mol. The SMILES string of the molecule is C[C@H]1Cc2cc([C@@H](O)CN3CCN(c4ccccc4F)CC3)ccc2N1S(C)(=O)=O. The Morgan fingerprint density at radius 1 is 1.10 bits per heavy atom. The van der Waals surface area contributed by atoms with Crippen molar-refractivity contribution in [2.24, 2.45) is 0 Å². The number of β-amino-alcohol motifs (C(OH)–C–C–N with tert-alkyl or cyclic N) is 1. The number of aliphatic hydroxyl groups excluding tert-OH is 1. The van der Waals surface area contributed by atoms with Crippen LogP contribution in [-0.4, -0.2) is 63.4 Å². The van der Waals surface area contributed by atoms with Crippen molar-refractivity contribution in [1.29, 1.82) is 0 Å². The van der Waals surface area contributed by atoms with Crippen molar-refractivity contribution in [2.45, 2.75) is 25.5 Å². The van der Waals surface area contributed by atoms with Crippen LogP contribution in [0.15, 0.2) is 42.5 Å². The zero-order chi connectivity index (χ0) is 21.5. The van der Waals surface area contributed by atoms with E-state index < -0.39 is 16.1 Å². The molecule has 4 rings (SSSR count). The fraction of sp³-hybridized carbons (Fsp3) is 0.455. The highest BCUT2D eigenvalue weighted by atomic mass is 32.2. The molecule has 30 heavy (non-hydrogen) atoms. The summed E-state index contributed by atoms with van der Waals surface area (Å²) in [7, 11) is -3.32. The van der Waals surface area contributed by atoms with E-state index in [-0.39, 0.29) is 11.9 Å². The Balaban J connectivity index is 1.39. The van der Waals surface area contributed by atoms with Crippen molar-refractivity contribution in [1.82, 2.24) is 4.90 Å². The van der Waals surface area contributed by atoms with Crippen molar-refractivity contribution in [2.75, 3.05) is 48.2 Å². The summed E-state index contributed by atoms with van der Waals surface area (Å²) in [6.07, 6.45) is 1.21. The molecule has 2 aliphatic rings. The van der Waals surface area contributed by atoms with Gasteiger partial charge in [-0.1, -0.05) is 24.3 Å². The van der Waals surface area contributed by atoms with E-state index in [1.165, 1.54) is 16.6 Å². The lowest BCUT2D eigenvalue weighted by Crippen LogP contribution is -2.47. The van der Waals surface area contributed by atoms with Crippen LogP contribution in [0.2, 0.25) is 0 Å². The molecule has 1 N–H and O–H groups in total. The number of sulfonamides is 1. The molecule has 8 heteroatoms. The standard InChI is InChI=1S/C22H28FN3O3S/c1-16-13-18-14-17(7-8-20(18)26(16)30(2,28)29)22(27)15-24-9-11-25(12-10-24)21-6-4-3-5-19(21)23/h3-8,14,16,22,27H,9-13,15H2,1-2H3/t16-,22-/m0/s1. The third-order valence-corrected chi connectivity index (χ3v) is 7.27. The highest BCUT2D eigenvalue weighted by Gasteiger charge is 2.33. The molecule has 2 aliphatic heterocycles. The average molecular weight is 434 g/mol. The summed E-state index contributed by atoms with van der Waals surface area (Å²) in [6, 6.07) is 12.2. The molecule has 0 bridgehead atoms. The van der Waals surface area contributed by atoms with Gasteiger partial charge in [0.25, 0.3) is 0 Å². The minimum atomic E-state index is -3.32. The minimum absolute atomic E-state index is 0.117. The smallest absolute Gasteiger partial charge is 0.232 e. The first-order valence-electron chi connectivity index (χ1n) is 10.3. The molecule has 0 saturated carbocycles. The van der Waals surface area contributed by atoms with E-state index in [0.717, 1.165) is 24.2 Å². The normalized spacial score (nSPS) is 21.0. The first kappa shape index (κ1) is 21.1. The lowest BCUT2D eigenvalue weighted by Gasteiger charge is -2.37. The summed E-state index contributed by atoms with van der Waals surface area (Å²) >= 11 is 0. The molecule has 1 fully saturated rings. The molecule has 0 unspecified atom stereocenters. The number of hydrogen-bond donors (Lipinski definition) is 1. The van der Waals surface area contributed by atoms with Crippen LogP contribution in [0.25, 0.3) is 0 Å². The summed E-state index contributed by atoms with van der Waals surface area (Å²) in [5, 5.41) is 10.8. The molecule has 2 aromatic rings. The Kier molecular flexibility index (Phi) is 5.74. The van der Waals surface area contributed by atoms with Crippen molar-refractivity contribution < 1.29 is 17.9 Å². The van der Waals surface area contributed by atoms with Crippen LogP contribution in [0.5, 0.6) is 0 Å². The number of para-hydroxylation sites is 1. The van der Waals surface area contributed by atoms with Crippen LogP contribution >= 0.6 is 0 Å². The molecule has 0 aromatic heterocycles. The molecule has 0 amide bonds. The number of piperazine rings is 1. The zero-order valence-corrected chi connectivity index (χ0v) is 18.1. The van der Waals surface area contributed by atoms with E-state index in [2.05, 4.69) is 4.90 Å². The molecule has 2 atom stereocenters. The number of benzene rings is 2. The summed E-state index contributed by atoms with van der Waals surface area (Å²) in [4.78, 5) is 4.22. The number of anilines is 2. The van der Waals surface area contributed by atoms with Gasteiger partial charge in [0.05, 0.1) is 23.7 Å². The summed E-state index contributed by atoms with van der Waals surface area (Å²) in [6.45, 7) is 5.29. The van der Waals surface area contributed by atoms with Crippen molar-refractivity contribution in [3.8, 4) is 0 Å². The van der Waals surface area contributed by atoms with Gasteiger partial charge in [0.15, 0.2) is 0 Å². The van der Waals surface area contributed by atoms with Gasteiger partial charge in [0.2, 0.25) is 10.0 Å². The maximum atomic E-state index is 14.0. The minimum Gasteiger partial charge on any atom is -0.387 e. The Hall–Kier alpha value is -2.16. The third kappa shape index (κ3) is 4.17. The predicted octanol–water partition coefficient (Wildman–Crippen LogP) is 2.39. The summed E-state index contributed by atoms with van der Waals surface area (Å²) in [5.74, 6) is -0.207. The second-order valence-electron chi connectivity index (χ2n) is 8.25. The molecule has 162 valence electrons. The van der Waals surface area contributed by atoms with Crippen LogP contribution in [-0.2, 0) is 16.4 Å². The molecule has 1 saturated heterocycles. The van der Waals surface area contributed by atoms with Gasteiger partial charge in [-0.2, -0.15) is 0 Å². The first-order valence-corrected chi connectivity index (χ1v) is 12.1. The maximum absolute atomic E-state index is 14.0. The Labute approximate surface area is 177 Å². The van der Waals surface area contributed by atoms with Crippen molar-refractivity contribution >= 4 is 21.4 Å². The molecule has 6 nitrogen and oxygen atoms in total. The fourth-order valence-electron chi connectivity index (χ4n) is 4.56. The number of hydrogen-bond acceptors (Lipinski definition) is 5. The quantitative estimate of drug-likeness (QED) is 0.785. The third-order valence-electron chi connectivity index (χ3n) is 6.00.